The maximum absolute atomic E-state index is 12.2. The number of carbonyl (C=O) groups is 1. The van der Waals surface area contributed by atoms with E-state index in [0.29, 0.717) is 0 Å². The molecule has 0 radical (unpaired) electrons. The predicted molar refractivity (Wildman–Crippen MR) is 75.4 cm³/mol. The number of furan rings is 1. The van der Waals surface area contributed by atoms with E-state index in [1.165, 1.54) is 25.1 Å². The zero-order valence-corrected chi connectivity index (χ0v) is 12.9. The molecule has 0 fully saturated rings. The largest absolute Gasteiger partial charge is 0.478 e. The van der Waals surface area contributed by atoms with Crippen molar-refractivity contribution in [3.63, 3.8) is 0 Å². The van der Waals surface area contributed by atoms with E-state index in [-0.39, 0.29) is 27.7 Å². The Morgan fingerprint density at radius 1 is 1.30 bits per heavy atom. The van der Waals surface area contributed by atoms with Crippen LogP contribution in [0, 0.1) is 6.92 Å². The van der Waals surface area contributed by atoms with Crippen LogP contribution in [-0.2, 0) is 15.6 Å². The summed E-state index contributed by atoms with van der Waals surface area (Å²) in [6.45, 7) is 1.49. The van der Waals surface area contributed by atoms with Crippen molar-refractivity contribution in [2.24, 2.45) is 0 Å². The molecule has 0 atom stereocenters. The Balaban J connectivity index is 2.31. The van der Waals surface area contributed by atoms with Gasteiger partial charge < -0.3 is 9.52 Å². The van der Waals surface area contributed by atoms with Crippen molar-refractivity contribution in [1.82, 2.24) is 0 Å². The number of hydrogen-bond donors (Lipinski definition) is 1. The fourth-order valence-corrected chi connectivity index (χ4v) is 3.24. The molecule has 1 N–H and O–H groups in total. The highest BCUT2D eigenvalue weighted by Crippen LogP contribution is 2.22. The number of aromatic carboxylic acids is 1. The fourth-order valence-electron chi connectivity index (χ4n) is 1.74. The highest BCUT2D eigenvalue weighted by atomic mass is 79.9. The van der Waals surface area contributed by atoms with Crippen LogP contribution < -0.4 is 0 Å². The molecule has 0 spiro atoms. The van der Waals surface area contributed by atoms with Crippen molar-refractivity contribution in [2.45, 2.75) is 17.6 Å². The standard InChI is InChI=1S/C13H11BrO5S/c1-8-12(13(15)16)6-10(19-8)7-20(17,18)11-4-2-9(14)3-5-11/h2-6H,7H2,1H3,(H,15,16). The van der Waals surface area contributed by atoms with E-state index in [1.54, 1.807) is 12.1 Å². The van der Waals surface area contributed by atoms with Gasteiger partial charge in [-0.15, -0.1) is 0 Å². The van der Waals surface area contributed by atoms with Gasteiger partial charge in [0.15, 0.2) is 9.84 Å². The second-order valence-electron chi connectivity index (χ2n) is 4.20. The number of sulfone groups is 1. The lowest BCUT2D eigenvalue weighted by Gasteiger charge is -2.02. The number of hydrogen-bond acceptors (Lipinski definition) is 4. The molecule has 0 saturated carbocycles. The van der Waals surface area contributed by atoms with Crippen LogP contribution in [0.5, 0.6) is 0 Å². The molecule has 2 aromatic rings. The van der Waals surface area contributed by atoms with Gasteiger partial charge in [0, 0.05) is 4.47 Å². The maximum Gasteiger partial charge on any atom is 0.339 e. The molecule has 0 aliphatic rings. The number of aryl methyl sites for hydroxylation is 1. The van der Waals surface area contributed by atoms with Gasteiger partial charge in [0.25, 0.3) is 0 Å². The lowest BCUT2D eigenvalue weighted by atomic mass is 10.2. The van der Waals surface area contributed by atoms with Gasteiger partial charge in [0.2, 0.25) is 0 Å². The molecule has 0 aliphatic heterocycles. The molecule has 2 rings (SSSR count). The average molecular weight is 359 g/mol. The van der Waals surface area contributed by atoms with Crippen LogP contribution in [0.25, 0.3) is 0 Å². The van der Waals surface area contributed by atoms with E-state index in [0.717, 1.165) is 4.47 Å². The quantitative estimate of drug-likeness (QED) is 0.907. The van der Waals surface area contributed by atoms with Crippen molar-refractivity contribution >= 4 is 31.7 Å². The van der Waals surface area contributed by atoms with Gasteiger partial charge in [0.05, 0.1) is 4.90 Å². The second-order valence-corrected chi connectivity index (χ2v) is 7.11. The monoisotopic (exact) mass is 358 g/mol. The van der Waals surface area contributed by atoms with E-state index >= 15 is 0 Å². The molecule has 106 valence electrons. The van der Waals surface area contributed by atoms with Gasteiger partial charge in [-0.05, 0) is 37.3 Å². The van der Waals surface area contributed by atoms with E-state index in [9.17, 15) is 13.2 Å². The molecule has 1 aromatic carbocycles. The van der Waals surface area contributed by atoms with Crippen LogP contribution in [0.2, 0.25) is 0 Å². The molecule has 0 aliphatic carbocycles. The first-order valence-electron chi connectivity index (χ1n) is 5.60. The molecule has 1 aromatic heterocycles. The molecule has 0 bridgehead atoms. The van der Waals surface area contributed by atoms with E-state index in [2.05, 4.69) is 15.9 Å². The van der Waals surface area contributed by atoms with Gasteiger partial charge in [-0.1, -0.05) is 15.9 Å². The topological polar surface area (TPSA) is 84.6 Å². The minimum atomic E-state index is -3.57. The first kappa shape index (κ1) is 14.8. The van der Waals surface area contributed by atoms with Gasteiger partial charge >= 0.3 is 5.97 Å². The van der Waals surface area contributed by atoms with Gasteiger partial charge in [-0.3, -0.25) is 0 Å². The van der Waals surface area contributed by atoms with Crippen LogP contribution in [0.1, 0.15) is 21.9 Å². The van der Waals surface area contributed by atoms with E-state index in [4.69, 9.17) is 9.52 Å². The third-order valence-electron chi connectivity index (χ3n) is 2.70. The highest BCUT2D eigenvalue weighted by Gasteiger charge is 2.20. The summed E-state index contributed by atoms with van der Waals surface area (Å²) in [6, 6.07) is 7.46. The maximum atomic E-state index is 12.2. The molecule has 0 saturated heterocycles. The first-order valence-corrected chi connectivity index (χ1v) is 8.05. The lowest BCUT2D eigenvalue weighted by molar-refractivity contribution is 0.0695. The van der Waals surface area contributed by atoms with Crippen LogP contribution in [0.15, 0.2) is 44.1 Å². The summed E-state index contributed by atoms with van der Waals surface area (Å²) in [4.78, 5) is 11.1. The van der Waals surface area contributed by atoms with Crippen LogP contribution in [0.3, 0.4) is 0 Å². The Morgan fingerprint density at radius 2 is 1.90 bits per heavy atom. The lowest BCUT2D eigenvalue weighted by Crippen LogP contribution is -2.04. The molecule has 0 unspecified atom stereocenters. The van der Waals surface area contributed by atoms with E-state index in [1.807, 2.05) is 0 Å². The summed E-state index contributed by atoms with van der Waals surface area (Å²) in [5, 5.41) is 8.91. The van der Waals surface area contributed by atoms with Crippen molar-refractivity contribution < 1.29 is 22.7 Å². The Morgan fingerprint density at radius 3 is 2.40 bits per heavy atom. The smallest absolute Gasteiger partial charge is 0.339 e. The Bertz CT molecular complexity index is 744. The van der Waals surface area contributed by atoms with Gasteiger partial charge in [0.1, 0.15) is 22.8 Å². The van der Waals surface area contributed by atoms with Gasteiger partial charge in [-0.25, -0.2) is 13.2 Å². The zero-order chi connectivity index (χ0) is 14.9. The minimum absolute atomic E-state index is 0.0222. The van der Waals surface area contributed by atoms with Crippen LogP contribution in [0.4, 0.5) is 0 Å². The minimum Gasteiger partial charge on any atom is -0.478 e. The van der Waals surface area contributed by atoms with E-state index < -0.39 is 15.8 Å². The summed E-state index contributed by atoms with van der Waals surface area (Å²) >= 11 is 3.23. The third-order valence-corrected chi connectivity index (χ3v) is 4.89. The summed E-state index contributed by atoms with van der Waals surface area (Å²) in [7, 11) is -3.57. The molecule has 1 heterocycles. The summed E-state index contributed by atoms with van der Waals surface area (Å²) in [5.74, 6) is -1.21. The predicted octanol–water partition coefficient (Wildman–Crippen LogP) is 3.02. The molecular weight excluding hydrogens is 348 g/mol. The molecule has 20 heavy (non-hydrogen) atoms. The second kappa shape index (κ2) is 5.41. The zero-order valence-electron chi connectivity index (χ0n) is 10.5. The van der Waals surface area contributed by atoms with Crippen LogP contribution >= 0.6 is 15.9 Å². The Kier molecular flexibility index (Phi) is 4.01. The van der Waals surface area contributed by atoms with Crippen molar-refractivity contribution in [2.75, 3.05) is 0 Å². The number of rotatable bonds is 4. The Labute approximate surface area is 124 Å². The first-order chi connectivity index (χ1) is 9.29. The summed E-state index contributed by atoms with van der Waals surface area (Å²) < 4.78 is 30.3. The molecule has 7 heteroatoms. The fraction of sp³-hybridized carbons (Fsp3) is 0.154. The summed E-state index contributed by atoms with van der Waals surface area (Å²) in [6.07, 6.45) is 0. The average Bonchev–Trinajstić information content (AvgIpc) is 2.70. The highest BCUT2D eigenvalue weighted by molar-refractivity contribution is 9.10. The number of benzene rings is 1. The van der Waals surface area contributed by atoms with Crippen molar-refractivity contribution in [3.05, 3.63) is 51.9 Å². The number of halogens is 1. The normalized spacial score (nSPS) is 11.5. The molecular formula is C13H11BrO5S. The summed E-state index contributed by atoms with van der Waals surface area (Å²) in [5.41, 5.74) is -0.0222. The van der Waals surface area contributed by atoms with Crippen LogP contribution in [-0.4, -0.2) is 19.5 Å². The van der Waals surface area contributed by atoms with Crippen molar-refractivity contribution in [1.29, 1.82) is 0 Å². The molecule has 5 nitrogen and oxygen atoms in total. The SMILES string of the molecule is Cc1oc(CS(=O)(=O)c2ccc(Br)cc2)cc1C(=O)O. The molecule has 0 amide bonds. The number of carboxylic acids is 1. The van der Waals surface area contributed by atoms with Crippen molar-refractivity contribution in [3.8, 4) is 0 Å². The van der Waals surface area contributed by atoms with Gasteiger partial charge in [-0.2, -0.15) is 0 Å². The Hall–Kier alpha value is -1.60. The number of carboxylic acid groups (broad SMARTS) is 1. The third kappa shape index (κ3) is 3.10.